The Labute approximate surface area is 143 Å². The standard InChI is InChI=1S/C17H24N2O3.ClH/c1-21-10-11-22-16-5-3-2-4-15(16)17(20)19-13-6-7-14(19)12-18-9-8-13;/h2-5,13-14,18H,6-12H2,1H3;1H. The Balaban J connectivity index is 0.00000192. The Bertz CT molecular complexity index is 512. The Hall–Kier alpha value is -1.30. The van der Waals surface area contributed by atoms with Crippen molar-refractivity contribution in [3.05, 3.63) is 29.8 Å². The number of benzene rings is 1. The second kappa shape index (κ2) is 8.52. The lowest BCUT2D eigenvalue weighted by atomic mass is 10.1. The zero-order valence-corrected chi connectivity index (χ0v) is 14.3. The summed E-state index contributed by atoms with van der Waals surface area (Å²) in [7, 11) is 1.64. The molecule has 1 aromatic rings. The minimum absolute atomic E-state index is 0. The third-order valence-electron chi connectivity index (χ3n) is 4.55. The smallest absolute Gasteiger partial charge is 0.258 e. The third kappa shape index (κ3) is 3.97. The van der Waals surface area contributed by atoms with E-state index in [9.17, 15) is 4.79 Å². The van der Waals surface area contributed by atoms with Gasteiger partial charge in [-0.1, -0.05) is 12.1 Å². The molecule has 2 heterocycles. The number of carbonyl (C=O) groups excluding carboxylic acids is 1. The van der Waals surface area contributed by atoms with Gasteiger partial charge < -0.3 is 19.7 Å². The number of hydrogen-bond donors (Lipinski definition) is 1. The largest absolute Gasteiger partial charge is 0.490 e. The topological polar surface area (TPSA) is 50.8 Å². The molecule has 2 saturated heterocycles. The van der Waals surface area contributed by atoms with Gasteiger partial charge in [-0.25, -0.2) is 0 Å². The van der Waals surface area contributed by atoms with Crippen molar-refractivity contribution in [2.24, 2.45) is 0 Å². The molecule has 2 aliphatic heterocycles. The van der Waals surface area contributed by atoms with Crippen LogP contribution in [0.4, 0.5) is 0 Å². The summed E-state index contributed by atoms with van der Waals surface area (Å²) >= 11 is 0. The van der Waals surface area contributed by atoms with Crippen molar-refractivity contribution in [3.8, 4) is 5.75 Å². The molecule has 2 aliphatic rings. The number of rotatable bonds is 5. The summed E-state index contributed by atoms with van der Waals surface area (Å²) in [5.41, 5.74) is 0.664. The molecule has 0 aliphatic carbocycles. The van der Waals surface area contributed by atoms with Gasteiger partial charge in [-0.3, -0.25) is 4.79 Å². The van der Waals surface area contributed by atoms with E-state index in [1.165, 1.54) is 0 Å². The first kappa shape index (κ1) is 18.0. The van der Waals surface area contributed by atoms with Crippen molar-refractivity contribution in [1.29, 1.82) is 0 Å². The van der Waals surface area contributed by atoms with Gasteiger partial charge in [0.1, 0.15) is 12.4 Å². The summed E-state index contributed by atoms with van der Waals surface area (Å²) in [6.45, 7) is 2.86. The average Bonchev–Trinajstić information content (AvgIpc) is 2.80. The van der Waals surface area contributed by atoms with Gasteiger partial charge in [0.25, 0.3) is 5.91 Å². The first-order valence-electron chi connectivity index (χ1n) is 8.05. The highest BCUT2D eigenvalue weighted by atomic mass is 35.5. The number of nitrogens with one attached hydrogen (secondary N) is 1. The fraction of sp³-hybridized carbons (Fsp3) is 0.588. The molecule has 0 radical (unpaired) electrons. The van der Waals surface area contributed by atoms with Crippen LogP contribution in [0, 0.1) is 0 Å². The summed E-state index contributed by atoms with van der Waals surface area (Å²) < 4.78 is 10.7. The molecule has 23 heavy (non-hydrogen) atoms. The van der Waals surface area contributed by atoms with E-state index in [-0.39, 0.29) is 18.3 Å². The summed E-state index contributed by atoms with van der Waals surface area (Å²) in [4.78, 5) is 15.1. The zero-order chi connectivity index (χ0) is 15.4. The van der Waals surface area contributed by atoms with Crippen LogP contribution < -0.4 is 10.1 Å². The monoisotopic (exact) mass is 340 g/mol. The molecule has 0 spiro atoms. The van der Waals surface area contributed by atoms with E-state index in [0.29, 0.717) is 36.6 Å². The van der Waals surface area contributed by atoms with Gasteiger partial charge >= 0.3 is 0 Å². The Morgan fingerprint density at radius 2 is 2.00 bits per heavy atom. The number of nitrogens with zero attached hydrogens (tertiary/aromatic N) is 1. The highest BCUT2D eigenvalue weighted by molar-refractivity contribution is 5.97. The van der Waals surface area contributed by atoms with E-state index >= 15 is 0 Å². The summed E-state index contributed by atoms with van der Waals surface area (Å²) in [6, 6.07) is 8.20. The van der Waals surface area contributed by atoms with E-state index < -0.39 is 0 Å². The molecule has 0 saturated carbocycles. The number of ether oxygens (including phenoxy) is 2. The zero-order valence-electron chi connectivity index (χ0n) is 13.5. The molecule has 1 aromatic carbocycles. The first-order valence-corrected chi connectivity index (χ1v) is 8.05. The van der Waals surface area contributed by atoms with E-state index in [2.05, 4.69) is 10.2 Å². The summed E-state index contributed by atoms with van der Waals surface area (Å²) in [5.74, 6) is 0.755. The quantitative estimate of drug-likeness (QED) is 0.834. The molecule has 2 bridgehead atoms. The number of fused-ring (bicyclic) bond motifs is 2. The number of amides is 1. The maximum Gasteiger partial charge on any atom is 0.258 e. The predicted molar refractivity (Wildman–Crippen MR) is 91.5 cm³/mol. The molecule has 0 aromatic heterocycles. The van der Waals surface area contributed by atoms with Crippen molar-refractivity contribution in [2.75, 3.05) is 33.4 Å². The van der Waals surface area contributed by atoms with Crippen LogP contribution in [0.2, 0.25) is 0 Å². The predicted octanol–water partition coefficient (Wildman–Crippen LogP) is 2.10. The maximum absolute atomic E-state index is 13.1. The Morgan fingerprint density at radius 1 is 1.22 bits per heavy atom. The first-order chi connectivity index (χ1) is 10.8. The van der Waals surface area contributed by atoms with Gasteiger partial charge in [0.15, 0.2) is 0 Å². The number of hydrogen-bond acceptors (Lipinski definition) is 4. The van der Waals surface area contributed by atoms with Crippen LogP contribution in [-0.4, -0.2) is 56.3 Å². The maximum atomic E-state index is 13.1. The third-order valence-corrected chi connectivity index (χ3v) is 4.55. The number of carbonyl (C=O) groups is 1. The van der Waals surface area contributed by atoms with Gasteiger partial charge in [0.2, 0.25) is 0 Å². The second-order valence-electron chi connectivity index (χ2n) is 5.93. The molecule has 2 unspecified atom stereocenters. The molecular weight excluding hydrogens is 316 g/mol. The highest BCUT2D eigenvalue weighted by Crippen LogP contribution is 2.31. The minimum Gasteiger partial charge on any atom is -0.490 e. The van der Waals surface area contributed by atoms with Gasteiger partial charge in [0, 0.05) is 25.7 Å². The average molecular weight is 341 g/mol. The van der Waals surface area contributed by atoms with Gasteiger partial charge in [-0.2, -0.15) is 0 Å². The van der Waals surface area contributed by atoms with Gasteiger partial charge in [0.05, 0.1) is 12.2 Å². The summed E-state index contributed by atoms with van der Waals surface area (Å²) in [5, 5.41) is 3.43. The van der Waals surface area contributed by atoms with E-state index in [1.807, 2.05) is 24.3 Å². The van der Waals surface area contributed by atoms with Crippen LogP contribution in [0.25, 0.3) is 0 Å². The van der Waals surface area contributed by atoms with Crippen molar-refractivity contribution >= 4 is 18.3 Å². The van der Waals surface area contributed by atoms with Crippen LogP contribution >= 0.6 is 12.4 Å². The van der Waals surface area contributed by atoms with Crippen molar-refractivity contribution < 1.29 is 14.3 Å². The molecule has 128 valence electrons. The number of halogens is 1. The fourth-order valence-electron chi connectivity index (χ4n) is 3.46. The molecule has 5 nitrogen and oxygen atoms in total. The van der Waals surface area contributed by atoms with Gasteiger partial charge in [-0.15, -0.1) is 12.4 Å². The van der Waals surface area contributed by atoms with E-state index in [4.69, 9.17) is 9.47 Å². The van der Waals surface area contributed by atoms with Crippen LogP contribution in [0.1, 0.15) is 29.6 Å². The molecule has 6 heteroatoms. The van der Waals surface area contributed by atoms with Crippen molar-refractivity contribution in [2.45, 2.75) is 31.3 Å². The van der Waals surface area contributed by atoms with Crippen LogP contribution in [0.3, 0.4) is 0 Å². The lowest BCUT2D eigenvalue weighted by Crippen LogP contribution is -2.42. The fourth-order valence-corrected chi connectivity index (χ4v) is 3.46. The second-order valence-corrected chi connectivity index (χ2v) is 5.93. The minimum atomic E-state index is 0. The summed E-state index contributed by atoms with van der Waals surface area (Å²) in [6.07, 6.45) is 3.25. The SMILES string of the molecule is COCCOc1ccccc1C(=O)N1C2CCNCC1CC2.Cl. The Morgan fingerprint density at radius 3 is 2.83 bits per heavy atom. The molecule has 2 fully saturated rings. The molecule has 1 N–H and O–H groups in total. The number of para-hydroxylation sites is 1. The lowest BCUT2D eigenvalue weighted by Gasteiger charge is -2.28. The van der Waals surface area contributed by atoms with E-state index in [1.54, 1.807) is 7.11 Å². The van der Waals surface area contributed by atoms with Gasteiger partial charge in [-0.05, 0) is 37.9 Å². The van der Waals surface area contributed by atoms with E-state index in [0.717, 1.165) is 32.4 Å². The molecule has 2 atom stereocenters. The van der Waals surface area contributed by atoms with Crippen molar-refractivity contribution in [3.63, 3.8) is 0 Å². The number of methoxy groups -OCH3 is 1. The highest BCUT2D eigenvalue weighted by Gasteiger charge is 2.38. The molecular formula is C17H25ClN2O3. The Kier molecular flexibility index (Phi) is 6.69. The normalized spacial score (nSPS) is 23.1. The van der Waals surface area contributed by atoms with Crippen LogP contribution in [0.15, 0.2) is 24.3 Å². The van der Waals surface area contributed by atoms with Crippen LogP contribution in [0.5, 0.6) is 5.75 Å². The lowest BCUT2D eigenvalue weighted by molar-refractivity contribution is 0.0673. The molecule has 1 amide bonds. The molecule has 3 rings (SSSR count). The van der Waals surface area contributed by atoms with Crippen molar-refractivity contribution in [1.82, 2.24) is 10.2 Å². The van der Waals surface area contributed by atoms with Crippen LogP contribution in [-0.2, 0) is 4.74 Å².